The molecule has 2 aromatic rings. The molecular weight excluding hydrogens is 352 g/mol. The van der Waals surface area contributed by atoms with E-state index < -0.39 is 15.9 Å². The van der Waals surface area contributed by atoms with Gasteiger partial charge in [-0.2, -0.15) is 0 Å². The van der Waals surface area contributed by atoms with Gasteiger partial charge >= 0.3 is 0 Å². The van der Waals surface area contributed by atoms with Gasteiger partial charge in [-0.3, -0.25) is 9.59 Å². The zero-order valence-corrected chi connectivity index (χ0v) is 15.8. The summed E-state index contributed by atoms with van der Waals surface area (Å²) in [6.45, 7) is 5.60. The van der Waals surface area contributed by atoms with E-state index in [0.717, 1.165) is 0 Å². The molecule has 2 rings (SSSR count). The number of hydrogen-bond acceptors (Lipinski definition) is 4. The van der Waals surface area contributed by atoms with Crippen LogP contribution in [0.4, 0.5) is 5.69 Å². The van der Waals surface area contributed by atoms with Crippen molar-refractivity contribution in [3.8, 4) is 0 Å². The van der Waals surface area contributed by atoms with E-state index in [4.69, 9.17) is 0 Å². The van der Waals surface area contributed by atoms with E-state index in [-0.39, 0.29) is 22.2 Å². The van der Waals surface area contributed by atoms with Crippen LogP contribution in [0.5, 0.6) is 0 Å². The van der Waals surface area contributed by atoms with Crippen LogP contribution in [0.15, 0.2) is 53.4 Å². The van der Waals surface area contributed by atoms with E-state index in [2.05, 4.69) is 10.0 Å². The number of ketones is 1. The Hall–Kier alpha value is -2.51. The maximum atomic E-state index is 12.4. The molecule has 0 radical (unpaired) electrons. The average Bonchev–Trinajstić information content (AvgIpc) is 2.60. The lowest BCUT2D eigenvalue weighted by molar-refractivity contribution is 0.101. The van der Waals surface area contributed by atoms with Crippen LogP contribution in [0.25, 0.3) is 0 Å². The molecule has 0 aliphatic rings. The number of carbonyl (C=O) groups is 2. The molecule has 2 N–H and O–H groups in total. The monoisotopic (exact) mass is 374 g/mol. The summed E-state index contributed by atoms with van der Waals surface area (Å²) in [7, 11) is -3.67. The molecule has 7 heteroatoms. The Morgan fingerprint density at radius 3 is 2.23 bits per heavy atom. The molecule has 0 bridgehead atoms. The Labute approximate surface area is 153 Å². The molecule has 0 spiro atoms. The first-order valence-corrected chi connectivity index (χ1v) is 9.69. The van der Waals surface area contributed by atoms with Crippen molar-refractivity contribution in [3.05, 3.63) is 59.7 Å². The molecule has 0 aromatic heterocycles. The summed E-state index contributed by atoms with van der Waals surface area (Å²) in [5.74, 6) is -0.314. The lowest BCUT2D eigenvalue weighted by Gasteiger charge is -2.10. The zero-order chi connectivity index (χ0) is 19.3. The third-order valence-electron chi connectivity index (χ3n) is 3.64. The second kappa shape index (κ2) is 8.25. The third-order valence-corrected chi connectivity index (χ3v) is 5.06. The maximum absolute atomic E-state index is 12.4. The van der Waals surface area contributed by atoms with Crippen molar-refractivity contribution >= 4 is 27.4 Å². The van der Waals surface area contributed by atoms with Gasteiger partial charge in [0.15, 0.2) is 5.78 Å². The molecule has 0 aliphatic carbocycles. The maximum Gasteiger partial charge on any atom is 0.255 e. The van der Waals surface area contributed by atoms with E-state index in [1.807, 2.05) is 13.8 Å². The molecule has 0 heterocycles. The van der Waals surface area contributed by atoms with Gasteiger partial charge in [-0.25, -0.2) is 13.1 Å². The zero-order valence-electron chi connectivity index (χ0n) is 14.9. The number of carbonyl (C=O) groups excluding carboxylic acids is 2. The predicted molar refractivity (Wildman–Crippen MR) is 101 cm³/mol. The Morgan fingerprint density at radius 2 is 1.65 bits per heavy atom. The van der Waals surface area contributed by atoms with Gasteiger partial charge in [0.05, 0.1) is 4.90 Å². The predicted octanol–water partition coefficient (Wildman–Crippen LogP) is 3.08. The van der Waals surface area contributed by atoms with Crippen molar-refractivity contribution in [1.82, 2.24) is 4.72 Å². The van der Waals surface area contributed by atoms with Gasteiger partial charge < -0.3 is 5.32 Å². The number of Topliss-reactive ketones (excluding diaryl/α,β-unsaturated/α-hetero) is 1. The molecular formula is C19H22N2O4S. The molecule has 0 fully saturated rings. The second-order valence-corrected chi connectivity index (χ2v) is 8.13. The highest BCUT2D eigenvalue weighted by atomic mass is 32.2. The molecule has 2 aromatic carbocycles. The fourth-order valence-corrected chi connectivity index (χ4v) is 3.41. The topological polar surface area (TPSA) is 92.3 Å². The van der Waals surface area contributed by atoms with Gasteiger partial charge in [0.1, 0.15) is 0 Å². The summed E-state index contributed by atoms with van der Waals surface area (Å²) in [6, 6.07) is 12.3. The Balaban J connectivity index is 2.16. The van der Waals surface area contributed by atoms with Crippen LogP contribution in [-0.2, 0) is 10.0 Å². The lowest BCUT2D eigenvalue weighted by atomic mass is 10.1. The largest absolute Gasteiger partial charge is 0.322 e. The molecule has 1 amide bonds. The van der Waals surface area contributed by atoms with Crippen LogP contribution >= 0.6 is 0 Å². The van der Waals surface area contributed by atoms with Crippen molar-refractivity contribution in [3.63, 3.8) is 0 Å². The first-order valence-electron chi connectivity index (χ1n) is 8.21. The summed E-state index contributed by atoms with van der Waals surface area (Å²) in [4.78, 5) is 23.7. The van der Waals surface area contributed by atoms with Crippen molar-refractivity contribution in [2.45, 2.75) is 25.7 Å². The minimum Gasteiger partial charge on any atom is -0.322 e. The van der Waals surface area contributed by atoms with Gasteiger partial charge in [-0.15, -0.1) is 0 Å². The first kappa shape index (κ1) is 19.8. The van der Waals surface area contributed by atoms with Crippen LogP contribution < -0.4 is 10.0 Å². The van der Waals surface area contributed by atoms with E-state index >= 15 is 0 Å². The molecule has 0 saturated carbocycles. The van der Waals surface area contributed by atoms with Crippen LogP contribution in [-0.4, -0.2) is 26.7 Å². The minimum absolute atomic E-state index is 0.0396. The van der Waals surface area contributed by atoms with E-state index in [0.29, 0.717) is 17.8 Å². The van der Waals surface area contributed by atoms with Crippen LogP contribution in [0.2, 0.25) is 0 Å². The van der Waals surface area contributed by atoms with Crippen LogP contribution in [0.1, 0.15) is 41.5 Å². The standard InChI is InChI=1S/C19H22N2O4S/c1-13(2)12-20-26(24,25)18-6-4-5-16(11-18)19(23)21-17-9-7-15(8-10-17)14(3)22/h4-11,13,20H,12H2,1-3H3,(H,21,23). The number of nitrogens with one attached hydrogen (secondary N) is 2. The molecule has 0 saturated heterocycles. The summed E-state index contributed by atoms with van der Waals surface area (Å²) in [5.41, 5.74) is 1.30. The van der Waals surface area contributed by atoms with Crippen molar-refractivity contribution in [1.29, 1.82) is 0 Å². The van der Waals surface area contributed by atoms with E-state index in [9.17, 15) is 18.0 Å². The highest BCUT2D eigenvalue weighted by molar-refractivity contribution is 7.89. The summed E-state index contributed by atoms with van der Waals surface area (Å²) in [5, 5.41) is 2.69. The van der Waals surface area contributed by atoms with Gasteiger partial charge in [-0.05, 0) is 55.3 Å². The van der Waals surface area contributed by atoms with E-state index in [1.165, 1.54) is 25.1 Å². The summed E-state index contributed by atoms with van der Waals surface area (Å²) < 4.78 is 27.1. The number of amides is 1. The van der Waals surface area contributed by atoms with Gasteiger partial charge in [0, 0.05) is 23.4 Å². The quantitative estimate of drug-likeness (QED) is 0.729. The highest BCUT2D eigenvalue weighted by Gasteiger charge is 2.16. The molecule has 0 aliphatic heterocycles. The molecule has 26 heavy (non-hydrogen) atoms. The molecule has 138 valence electrons. The Kier molecular flexibility index (Phi) is 6.28. The smallest absolute Gasteiger partial charge is 0.255 e. The van der Waals surface area contributed by atoms with Crippen molar-refractivity contribution < 1.29 is 18.0 Å². The number of sulfonamides is 1. The third kappa shape index (κ3) is 5.24. The summed E-state index contributed by atoms with van der Waals surface area (Å²) >= 11 is 0. The molecule has 0 atom stereocenters. The fraction of sp³-hybridized carbons (Fsp3) is 0.263. The average molecular weight is 374 g/mol. The van der Waals surface area contributed by atoms with Gasteiger partial charge in [-0.1, -0.05) is 19.9 Å². The van der Waals surface area contributed by atoms with Crippen molar-refractivity contribution in [2.75, 3.05) is 11.9 Å². The lowest BCUT2D eigenvalue weighted by Crippen LogP contribution is -2.27. The van der Waals surface area contributed by atoms with E-state index in [1.54, 1.807) is 30.3 Å². The molecule has 0 unspecified atom stereocenters. The number of hydrogen-bond donors (Lipinski definition) is 2. The van der Waals surface area contributed by atoms with Crippen LogP contribution in [0, 0.1) is 5.92 Å². The SMILES string of the molecule is CC(=O)c1ccc(NC(=O)c2cccc(S(=O)(=O)NCC(C)C)c2)cc1. The minimum atomic E-state index is -3.67. The number of benzene rings is 2. The fourth-order valence-electron chi connectivity index (χ4n) is 2.16. The van der Waals surface area contributed by atoms with Gasteiger partial charge in [0.25, 0.3) is 5.91 Å². The first-order chi connectivity index (χ1) is 12.2. The number of anilines is 1. The number of rotatable bonds is 7. The highest BCUT2D eigenvalue weighted by Crippen LogP contribution is 2.15. The Morgan fingerprint density at radius 1 is 1.00 bits per heavy atom. The molecule has 6 nitrogen and oxygen atoms in total. The van der Waals surface area contributed by atoms with Gasteiger partial charge in [0.2, 0.25) is 10.0 Å². The second-order valence-electron chi connectivity index (χ2n) is 6.36. The van der Waals surface area contributed by atoms with Crippen LogP contribution in [0.3, 0.4) is 0 Å². The van der Waals surface area contributed by atoms with Crippen molar-refractivity contribution in [2.24, 2.45) is 5.92 Å². The normalized spacial score (nSPS) is 11.4. The summed E-state index contributed by atoms with van der Waals surface area (Å²) in [6.07, 6.45) is 0. The Bertz CT molecular complexity index is 903.